The fourth-order valence-electron chi connectivity index (χ4n) is 7.00. The molecule has 230 valence electrons. The Kier molecular flexibility index (Phi) is 6.10. The molecule has 10 aromatic rings. The average Bonchev–Trinajstić information content (AvgIpc) is 3.72. The summed E-state index contributed by atoms with van der Waals surface area (Å²) in [6, 6.07) is 51.1. The van der Waals surface area contributed by atoms with Gasteiger partial charge < -0.3 is 0 Å². The van der Waals surface area contributed by atoms with E-state index in [0.29, 0.717) is 23.0 Å². The van der Waals surface area contributed by atoms with Crippen LogP contribution in [0.25, 0.3) is 87.5 Å². The number of pyridine rings is 1. The first-order valence-electron chi connectivity index (χ1n) is 16.1. The van der Waals surface area contributed by atoms with Crippen LogP contribution < -0.4 is 5.56 Å². The molecule has 0 bridgehead atoms. The summed E-state index contributed by atoms with van der Waals surface area (Å²) >= 11 is 1.65. The number of thiazole rings is 1. The molecular weight excluding hydrogens is 623 g/mol. The summed E-state index contributed by atoms with van der Waals surface area (Å²) in [6.45, 7) is 0. The molecule has 7 heteroatoms. The van der Waals surface area contributed by atoms with Gasteiger partial charge in [-0.2, -0.15) is 9.97 Å². The van der Waals surface area contributed by atoms with Crippen molar-refractivity contribution in [1.82, 2.24) is 23.9 Å². The highest BCUT2D eigenvalue weighted by atomic mass is 32.1. The lowest BCUT2D eigenvalue weighted by molar-refractivity contribution is 0.953. The Bertz CT molecular complexity index is 2900. The molecule has 0 fully saturated rings. The van der Waals surface area contributed by atoms with Crippen LogP contribution in [0.1, 0.15) is 0 Å². The van der Waals surface area contributed by atoms with Gasteiger partial charge in [-0.1, -0.05) is 115 Å². The second-order valence-corrected chi connectivity index (χ2v) is 13.1. The zero-order chi connectivity index (χ0) is 32.5. The molecular formula is C42H25N5OS. The lowest BCUT2D eigenvalue weighted by Crippen LogP contribution is -2.13. The van der Waals surface area contributed by atoms with E-state index < -0.39 is 0 Å². The fourth-order valence-corrected chi connectivity index (χ4v) is 8.22. The Balaban J connectivity index is 1.27. The number of para-hydroxylation sites is 2. The molecule has 0 saturated heterocycles. The Morgan fingerprint density at radius 2 is 1.04 bits per heavy atom. The SMILES string of the molecule is O=c1c2ccccc2c(-c2ccc3c(c2)c2ccccc2n3-c2nc(-c3ccccc3)nc(-c3ccccc3)n2)c2sc3ccccc3n12. The fraction of sp³-hybridized carbons (Fsp3) is 0. The highest BCUT2D eigenvalue weighted by Gasteiger charge is 2.21. The molecule has 0 aliphatic carbocycles. The van der Waals surface area contributed by atoms with Gasteiger partial charge in [0.05, 0.1) is 21.3 Å². The van der Waals surface area contributed by atoms with Gasteiger partial charge in [-0.3, -0.25) is 13.8 Å². The second kappa shape index (κ2) is 10.8. The second-order valence-electron chi connectivity index (χ2n) is 12.0. The van der Waals surface area contributed by atoms with Crippen LogP contribution in [0.2, 0.25) is 0 Å². The van der Waals surface area contributed by atoms with Gasteiger partial charge in [0.2, 0.25) is 5.95 Å². The van der Waals surface area contributed by atoms with Crippen molar-refractivity contribution in [2.24, 2.45) is 0 Å². The van der Waals surface area contributed by atoms with Gasteiger partial charge in [0, 0.05) is 32.8 Å². The minimum absolute atomic E-state index is 0.00255. The molecule has 0 N–H and O–H groups in total. The molecule has 49 heavy (non-hydrogen) atoms. The van der Waals surface area contributed by atoms with Crippen LogP contribution >= 0.6 is 11.3 Å². The first kappa shape index (κ1) is 27.7. The lowest BCUT2D eigenvalue weighted by atomic mass is 9.99. The zero-order valence-electron chi connectivity index (χ0n) is 26.0. The predicted octanol–water partition coefficient (Wildman–Crippen LogP) is 9.95. The van der Waals surface area contributed by atoms with Gasteiger partial charge in [0.15, 0.2) is 11.6 Å². The number of aromatic nitrogens is 5. The zero-order valence-corrected chi connectivity index (χ0v) is 26.8. The van der Waals surface area contributed by atoms with E-state index in [1.54, 1.807) is 11.3 Å². The highest BCUT2D eigenvalue weighted by molar-refractivity contribution is 7.24. The molecule has 0 aliphatic heterocycles. The molecule has 0 spiro atoms. The van der Waals surface area contributed by atoms with E-state index in [1.807, 2.05) is 108 Å². The van der Waals surface area contributed by atoms with Crippen molar-refractivity contribution >= 4 is 59.0 Å². The van der Waals surface area contributed by atoms with Crippen LogP contribution in [0.3, 0.4) is 0 Å². The summed E-state index contributed by atoms with van der Waals surface area (Å²) in [7, 11) is 0. The van der Waals surface area contributed by atoms with Crippen LogP contribution in [0.15, 0.2) is 156 Å². The van der Waals surface area contributed by atoms with E-state index in [-0.39, 0.29) is 5.56 Å². The number of nitrogens with zero attached hydrogens (tertiary/aromatic N) is 5. The number of benzene rings is 6. The quantitative estimate of drug-likeness (QED) is 0.191. The number of hydrogen-bond acceptors (Lipinski definition) is 5. The van der Waals surface area contributed by atoms with E-state index in [4.69, 9.17) is 15.0 Å². The Morgan fingerprint density at radius 3 is 1.76 bits per heavy atom. The molecule has 0 aliphatic rings. The maximum atomic E-state index is 13.9. The topological polar surface area (TPSA) is 65.1 Å². The standard InChI is InChI=1S/C42H25N5OS/c48-40-31-19-8-7-18-30(31)37(41-47(40)35-21-11-12-22-36(35)49-41)28-23-24-34-32(25-28)29-17-9-10-20-33(29)46(34)42-44-38(26-13-3-1-4-14-26)43-39(45-42)27-15-5-2-6-16-27/h1-25H. The summed E-state index contributed by atoms with van der Waals surface area (Å²) in [5.41, 5.74) is 6.85. The molecule has 6 aromatic carbocycles. The maximum Gasteiger partial charge on any atom is 0.264 e. The lowest BCUT2D eigenvalue weighted by Gasteiger charge is -2.12. The minimum Gasteiger partial charge on any atom is -0.278 e. The summed E-state index contributed by atoms with van der Waals surface area (Å²) in [5.74, 6) is 1.77. The Hall–Kier alpha value is -6.44. The molecule has 4 heterocycles. The van der Waals surface area contributed by atoms with Crippen LogP contribution in [0.4, 0.5) is 0 Å². The smallest absolute Gasteiger partial charge is 0.264 e. The molecule has 4 aromatic heterocycles. The predicted molar refractivity (Wildman–Crippen MR) is 201 cm³/mol. The van der Waals surface area contributed by atoms with Gasteiger partial charge >= 0.3 is 0 Å². The third-order valence-electron chi connectivity index (χ3n) is 9.21. The van der Waals surface area contributed by atoms with Gasteiger partial charge in [0.25, 0.3) is 5.56 Å². The van der Waals surface area contributed by atoms with Crippen molar-refractivity contribution in [3.63, 3.8) is 0 Å². The van der Waals surface area contributed by atoms with Gasteiger partial charge in [0.1, 0.15) is 4.83 Å². The maximum absolute atomic E-state index is 13.9. The molecule has 0 saturated carbocycles. The average molecular weight is 648 g/mol. The van der Waals surface area contributed by atoms with Gasteiger partial charge in [-0.25, -0.2) is 4.98 Å². The van der Waals surface area contributed by atoms with Crippen molar-refractivity contribution in [3.05, 3.63) is 162 Å². The number of rotatable bonds is 4. The normalized spacial score (nSPS) is 11.8. The molecule has 0 unspecified atom stereocenters. The van der Waals surface area contributed by atoms with Crippen LogP contribution in [0, 0.1) is 0 Å². The molecule has 0 radical (unpaired) electrons. The van der Waals surface area contributed by atoms with Gasteiger partial charge in [-0.05, 0) is 47.3 Å². The molecule has 6 nitrogen and oxygen atoms in total. The number of hydrogen-bond donors (Lipinski definition) is 0. The summed E-state index contributed by atoms with van der Waals surface area (Å²) in [6.07, 6.45) is 0. The molecule has 0 atom stereocenters. The number of fused-ring (bicyclic) bond motifs is 7. The summed E-state index contributed by atoms with van der Waals surface area (Å²) < 4.78 is 5.09. The van der Waals surface area contributed by atoms with E-state index in [2.05, 4.69) is 53.1 Å². The van der Waals surface area contributed by atoms with E-state index in [9.17, 15) is 4.79 Å². The van der Waals surface area contributed by atoms with Crippen LogP contribution in [-0.4, -0.2) is 23.9 Å². The van der Waals surface area contributed by atoms with Crippen molar-refractivity contribution < 1.29 is 0 Å². The third-order valence-corrected chi connectivity index (χ3v) is 10.4. The summed E-state index contributed by atoms with van der Waals surface area (Å²) in [4.78, 5) is 29.9. The molecule has 0 amide bonds. The molecule has 10 rings (SSSR count). The largest absolute Gasteiger partial charge is 0.278 e. The van der Waals surface area contributed by atoms with Crippen LogP contribution in [-0.2, 0) is 0 Å². The summed E-state index contributed by atoms with van der Waals surface area (Å²) in [5, 5.41) is 3.81. The Labute approximate surface area is 283 Å². The first-order chi connectivity index (χ1) is 24.2. The highest BCUT2D eigenvalue weighted by Crippen LogP contribution is 2.40. The van der Waals surface area contributed by atoms with Crippen molar-refractivity contribution in [1.29, 1.82) is 0 Å². The Morgan fingerprint density at radius 1 is 0.469 bits per heavy atom. The van der Waals surface area contributed by atoms with Gasteiger partial charge in [-0.15, -0.1) is 11.3 Å². The van der Waals surface area contributed by atoms with E-state index in [1.165, 1.54) is 0 Å². The third kappa shape index (κ3) is 4.26. The van der Waals surface area contributed by atoms with E-state index in [0.717, 1.165) is 64.5 Å². The minimum atomic E-state index is 0.00255. The monoisotopic (exact) mass is 647 g/mol. The van der Waals surface area contributed by atoms with E-state index >= 15 is 0 Å². The van der Waals surface area contributed by atoms with Crippen LogP contribution in [0.5, 0.6) is 0 Å². The van der Waals surface area contributed by atoms with Crippen molar-refractivity contribution in [2.45, 2.75) is 0 Å². The first-order valence-corrected chi connectivity index (χ1v) is 16.9. The van der Waals surface area contributed by atoms with Crippen molar-refractivity contribution in [2.75, 3.05) is 0 Å². The van der Waals surface area contributed by atoms with Crippen molar-refractivity contribution in [3.8, 4) is 39.9 Å².